The lowest BCUT2D eigenvalue weighted by Crippen LogP contribution is -2.26. The third-order valence-electron chi connectivity index (χ3n) is 3.74. The number of thioether (sulfide) groups is 1. The number of hydrogen-bond donors (Lipinski definition) is 1. The number of carbonyl (C=O) groups is 1. The van der Waals surface area contributed by atoms with E-state index in [1.165, 1.54) is 12.8 Å². The molecule has 116 valence electrons. The topological polar surface area (TPSA) is 59.8 Å². The average Bonchev–Trinajstić information content (AvgIpc) is 2.78. The number of nitrogens with zero attached hydrogens (tertiary/aromatic N) is 3. The van der Waals surface area contributed by atoms with Gasteiger partial charge in [-0.15, -0.1) is 22.0 Å². The molecule has 5 nitrogen and oxygen atoms in total. The molecule has 1 aromatic heterocycles. The summed E-state index contributed by atoms with van der Waals surface area (Å²) in [6.45, 7) is 1.42. The van der Waals surface area contributed by atoms with Gasteiger partial charge < -0.3 is 9.88 Å². The summed E-state index contributed by atoms with van der Waals surface area (Å²) in [6, 6.07) is 9.95. The van der Waals surface area contributed by atoms with E-state index in [0.29, 0.717) is 12.3 Å². The van der Waals surface area contributed by atoms with Gasteiger partial charge in [0.15, 0.2) is 5.82 Å². The number of nitrogens with one attached hydrogen (secondary N) is 1. The second kappa shape index (κ2) is 7.45. The van der Waals surface area contributed by atoms with E-state index in [-0.39, 0.29) is 5.91 Å². The van der Waals surface area contributed by atoms with E-state index in [1.807, 2.05) is 30.3 Å². The summed E-state index contributed by atoms with van der Waals surface area (Å²) in [5, 5.41) is 11.4. The van der Waals surface area contributed by atoms with Crippen LogP contribution < -0.4 is 5.32 Å². The first-order valence-corrected chi connectivity index (χ1v) is 8.67. The Labute approximate surface area is 134 Å². The first-order chi connectivity index (χ1) is 10.8. The van der Waals surface area contributed by atoms with Crippen molar-refractivity contribution in [1.82, 2.24) is 20.1 Å². The van der Waals surface area contributed by atoms with Gasteiger partial charge in [-0.05, 0) is 25.0 Å². The van der Waals surface area contributed by atoms with Crippen LogP contribution in [0.15, 0.2) is 35.2 Å². The normalized spacial score (nSPS) is 14.2. The second-order valence-electron chi connectivity index (χ2n) is 5.37. The van der Waals surface area contributed by atoms with Gasteiger partial charge in [0.1, 0.15) is 5.82 Å². The van der Waals surface area contributed by atoms with Crippen LogP contribution >= 0.6 is 11.8 Å². The van der Waals surface area contributed by atoms with Crippen molar-refractivity contribution in [1.29, 1.82) is 0 Å². The predicted octanol–water partition coefficient (Wildman–Crippen LogP) is 2.41. The smallest absolute Gasteiger partial charge is 0.230 e. The SMILES string of the molecule is O=C(CSc1ccccc1)NCc1nnc2n1CCCCC2. The molecule has 0 bridgehead atoms. The van der Waals surface area contributed by atoms with Crippen molar-refractivity contribution < 1.29 is 4.79 Å². The van der Waals surface area contributed by atoms with Crippen molar-refractivity contribution in [2.75, 3.05) is 5.75 Å². The summed E-state index contributed by atoms with van der Waals surface area (Å²) in [4.78, 5) is 13.1. The Balaban J connectivity index is 1.50. The van der Waals surface area contributed by atoms with Gasteiger partial charge in [0, 0.05) is 17.9 Å². The first-order valence-electron chi connectivity index (χ1n) is 7.68. The van der Waals surface area contributed by atoms with E-state index in [9.17, 15) is 4.79 Å². The Morgan fingerprint density at radius 1 is 1.18 bits per heavy atom. The zero-order chi connectivity index (χ0) is 15.2. The summed E-state index contributed by atoms with van der Waals surface area (Å²) in [5.74, 6) is 2.38. The van der Waals surface area contributed by atoms with E-state index in [0.717, 1.165) is 35.9 Å². The Morgan fingerprint density at radius 2 is 2.05 bits per heavy atom. The molecule has 0 radical (unpaired) electrons. The van der Waals surface area contributed by atoms with Gasteiger partial charge in [-0.2, -0.15) is 0 Å². The van der Waals surface area contributed by atoms with Crippen LogP contribution in [-0.4, -0.2) is 26.4 Å². The highest BCUT2D eigenvalue weighted by Gasteiger charge is 2.15. The highest BCUT2D eigenvalue weighted by molar-refractivity contribution is 8.00. The molecular formula is C16H20N4OS. The van der Waals surface area contributed by atoms with Crippen molar-refractivity contribution in [3.8, 4) is 0 Å². The predicted molar refractivity (Wildman–Crippen MR) is 86.6 cm³/mol. The van der Waals surface area contributed by atoms with E-state index >= 15 is 0 Å². The number of hydrogen-bond acceptors (Lipinski definition) is 4. The molecule has 0 saturated heterocycles. The van der Waals surface area contributed by atoms with Crippen LogP contribution in [0, 0.1) is 0 Å². The summed E-state index contributed by atoms with van der Waals surface area (Å²) in [7, 11) is 0. The lowest BCUT2D eigenvalue weighted by Gasteiger charge is -2.08. The fraction of sp³-hybridized carbons (Fsp3) is 0.438. The van der Waals surface area contributed by atoms with E-state index in [2.05, 4.69) is 20.1 Å². The molecule has 2 heterocycles. The van der Waals surface area contributed by atoms with Crippen molar-refractivity contribution >= 4 is 17.7 Å². The van der Waals surface area contributed by atoms with Crippen LogP contribution in [0.4, 0.5) is 0 Å². The minimum atomic E-state index is 0.0276. The minimum Gasteiger partial charge on any atom is -0.348 e. The molecule has 0 spiro atoms. The van der Waals surface area contributed by atoms with Gasteiger partial charge in [-0.1, -0.05) is 24.6 Å². The van der Waals surface area contributed by atoms with Gasteiger partial charge in [0.05, 0.1) is 12.3 Å². The first kappa shape index (κ1) is 15.1. The van der Waals surface area contributed by atoms with Gasteiger partial charge in [-0.25, -0.2) is 0 Å². The molecule has 1 N–H and O–H groups in total. The van der Waals surface area contributed by atoms with E-state index < -0.39 is 0 Å². The van der Waals surface area contributed by atoms with Crippen molar-refractivity contribution in [2.45, 2.75) is 43.7 Å². The zero-order valence-corrected chi connectivity index (χ0v) is 13.3. The summed E-state index contributed by atoms with van der Waals surface area (Å²) in [5.41, 5.74) is 0. The highest BCUT2D eigenvalue weighted by atomic mass is 32.2. The van der Waals surface area contributed by atoms with Crippen LogP contribution in [0.1, 0.15) is 30.9 Å². The van der Waals surface area contributed by atoms with Crippen LogP contribution in [0.2, 0.25) is 0 Å². The number of fused-ring (bicyclic) bond motifs is 1. The molecule has 6 heteroatoms. The fourth-order valence-corrected chi connectivity index (χ4v) is 3.32. The Kier molecular flexibility index (Phi) is 5.11. The Hall–Kier alpha value is -1.82. The quantitative estimate of drug-likeness (QED) is 0.861. The highest BCUT2D eigenvalue weighted by Crippen LogP contribution is 2.17. The van der Waals surface area contributed by atoms with Gasteiger partial charge in [-0.3, -0.25) is 4.79 Å². The van der Waals surface area contributed by atoms with Crippen LogP contribution in [-0.2, 0) is 24.3 Å². The maximum Gasteiger partial charge on any atom is 0.230 e. The zero-order valence-electron chi connectivity index (χ0n) is 12.5. The molecule has 1 aromatic carbocycles. The Morgan fingerprint density at radius 3 is 2.91 bits per heavy atom. The average molecular weight is 316 g/mol. The second-order valence-corrected chi connectivity index (χ2v) is 6.42. The largest absolute Gasteiger partial charge is 0.348 e. The molecule has 0 atom stereocenters. The van der Waals surface area contributed by atoms with E-state index in [1.54, 1.807) is 11.8 Å². The molecule has 1 amide bonds. The van der Waals surface area contributed by atoms with Crippen LogP contribution in [0.3, 0.4) is 0 Å². The molecule has 3 rings (SSSR count). The minimum absolute atomic E-state index is 0.0276. The number of benzene rings is 1. The van der Waals surface area contributed by atoms with Crippen molar-refractivity contribution in [3.63, 3.8) is 0 Å². The van der Waals surface area contributed by atoms with Gasteiger partial charge in [0.2, 0.25) is 5.91 Å². The molecule has 1 aliphatic rings. The number of amides is 1. The fourth-order valence-electron chi connectivity index (χ4n) is 2.57. The molecular weight excluding hydrogens is 296 g/mol. The number of aromatic nitrogens is 3. The molecule has 1 aliphatic heterocycles. The van der Waals surface area contributed by atoms with Gasteiger partial charge >= 0.3 is 0 Å². The number of aryl methyl sites for hydroxylation is 1. The Bertz CT molecular complexity index is 626. The summed E-state index contributed by atoms with van der Waals surface area (Å²) in [6.07, 6.45) is 4.57. The molecule has 0 saturated carbocycles. The maximum atomic E-state index is 12.0. The van der Waals surface area contributed by atoms with E-state index in [4.69, 9.17) is 0 Å². The molecule has 0 fully saturated rings. The maximum absolute atomic E-state index is 12.0. The number of carbonyl (C=O) groups excluding carboxylic acids is 1. The summed E-state index contributed by atoms with van der Waals surface area (Å²) >= 11 is 1.54. The molecule has 2 aromatic rings. The third-order valence-corrected chi connectivity index (χ3v) is 4.75. The monoisotopic (exact) mass is 316 g/mol. The van der Waals surface area contributed by atoms with Crippen molar-refractivity contribution in [2.24, 2.45) is 0 Å². The van der Waals surface area contributed by atoms with Crippen LogP contribution in [0.5, 0.6) is 0 Å². The number of rotatable bonds is 5. The lowest BCUT2D eigenvalue weighted by molar-refractivity contribution is -0.118. The molecule has 22 heavy (non-hydrogen) atoms. The van der Waals surface area contributed by atoms with Crippen molar-refractivity contribution in [3.05, 3.63) is 42.0 Å². The molecule has 0 unspecified atom stereocenters. The van der Waals surface area contributed by atoms with Gasteiger partial charge in [0.25, 0.3) is 0 Å². The summed E-state index contributed by atoms with van der Waals surface area (Å²) < 4.78 is 2.16. The lowest BCUT2D eigenvalue weighted by atomic mass is 10.2. The third kappa shape index (κ3) is 3.88. The van der Waals surface area contributed by atoms with Crippen LogP contribution in [0.25, 0.3) is 0 Å². The molecule has 0 aliphatic carbocycles. The standard InChI is InChI=1S/C16H20N4OS/c21-16(12-22-13-7-3-1-4-8-13)17-11-15-19-18-14-9-5-2-6-10-20(14)15/h1,3-4,7-8H,2,5-6,9-12H2,(H,17,21).